The zero-order valence-electron chi connectivity index (χ0n) is 25.2. The van der Waals surface area contributed by atoms with E-state index in [2.05, 4.69) is 21.9 Å². The van der Waals surface area contributed by atoms with E-state index in [1.165, 1.54) is 10.6 Å². The summed E-state index contributed by atoms with van der Waals surface area (Å²) in [7, 11) is 0. The summed E-state index contributed by atoms with van der Waals surface area (Å²) in [5.41, 5.74) is 0.721. The Hall–Kier alpha value is -4.58. The van der Waals surface area contributed by atoms with E-state index >= 15 is 4.39 Å². The Bertz CT molecular complexity index is 1950. The number of nitrogens with one attached hydrogen (secondary N) is 1. The number of hydrogen-bond donors (Lipinski definition) is 2. The van der Waals surface area contributed by atoms with Gasteiger partial charge in [-0.05, 0) is 56.0 Å². The van der Waals surface area contributed by atoms with E-state index in [1.54, 1.807) is 17.2 Å². The summed E-state index contributed by atoms with van der Waals surface area (Å²) in [4.78, 5) is 44.5. The van der Waals surface area contributed by atoms with Gasteiger partial charge < -0.3 is 20.2 Å². The molecule has 0 saturated carbocycles. The van der Waals surface area contributed by atoms with Crippen LogP contribution in [-0.2, 0) is 4.79 Å². The van der Waals surface area contributed by atoms with Gasteiger partial charge in [0.25, 0.3) is 0 Å². The lowest BCUT2D eigenvalue weighted by atomic mass is 10.00. The Balaban J connectivity index is 1.74. The maximum Gasteiger partial charge on any atom is 0.355 e. The van der Waals surface area contributed by atoms with Crippen LogP contribution in [0.1, 0.15) is 44.4 Å². The van der Waals surface area contributed by atoms with Crippen molar-refractivity contribution in [3.05, 3.63) is 75.4 Å². The molecule has 1 fully saturated rings. The highest BCUT2D eigenvalue weighted by Gasteiger charge is 2.38. The molecule has 2 atom stereocenters. The molecule has 4 aromatic rings. The summed E-state index contributed by atoms with van der Waals surface area (Å²) in [5, 5.41) is 14.3. The molecule has 45 heavy (non-hydrogen) atoms. The van der Waals surface area contributed by atoms with Gasteiger partial charge in [0.15, 0.2) is 17.3 Å². The fraction of sp³-hybridized carbons (Fsp3) is 0.344. The summed E-state index contributed by atoms with van der Waals surface area (Å²) in [6.07, 6.45) is 3.47. The zero-order chi connectivity index (χ0) is 32.3. The highest BCUT2D eigenvalue weighted by molar-refractivity contribution is 6.37. The van der Waals surface area contributed by atoms with E-state index in [4.69, 9.17) is 16.6 Å². The number of phenolic OH excluding ortho intramolecular Hbond substituents is 1. The summed E-state index contributed by atoms with van der Waals surface area (Å²) in [6, 6.07) is 3.14. The number of carbonyl (C=O) groups excluding carboxylic acids is 1. The van der Waals surface area contributed by atoms with Crippen LogP contribution in [0.3, 0.4) is 0 Å². The van der Waals surface area contributed by atoms with Crippen molar-refractivity contribution >= 4 is 40.0 Å². The molecule has 1 saturated heterocycles. The van der Waals surface area contributed by atoms with Crippen LogP contribution in [0, 0.1) is 18.6 Å². The van der Waals surface area contributed by atoms with E-state index < -0.39 is 28.6 Å². The van der Waals surface area contributed by atoms with Crippen LogP contribution in [0.5, 0.6) is 5.75 Å². The third-order valence-electron chi connectivity index (χ3n) is 8.53. The van der Waals surface area contributed by atoms with Gasteiger partial charge in [0.1, 0.15) is 17.3 Å². The molecule has 2 N–H and O–H groups in total. The predicted molar refractivity (Wildman–Crippen MR) is 169 cm³/mol. The summed E-state index contributed by atoms with van der Waals surface area (Å²) in [6.45, 7) is 12.4. The second-order valence-electron chi connectivity index (χ2n) is 11.7. The standard InChI is InChI=1S/C32H32ClF2N7O3/c1-6-21(44)40-14-18-10-12-37-27-23-30(41(18)13-17(40)5)39-32(45)42(29-16(4)9-11-36-26(29)15(2)3)31(23)38-28(24(27)33)22-20(43)8-7-19(34)25(22)35/h6-9,11,15,17-18,37,43H,1,10,12-14H2,2-5H3. The number of benzene rings is 1. The highest BCUT2D eigenvalue weighted by atomic mass is 35.5. The molecule has 10 nitrogen and oxygen atoms in total. The summed E-state index contributed by atoms with van der Waals surface area (Å²) >= 11 is 6.95. The monoisotopic (exact) mass is 635 g/mol. The third-order valence-corrected chi connectivity index (χ3v) is 8.90. The smallest absolute Gasteiger partial charge is 0.355 e. The summed E-state index contributed by atoms with van der Waals surface area (Å²) in [5.74, 6) is -3.09. The first-order valence-corrected chi connectivity index (χ1v) is 15.0. The Morgan fingerprint density at radius 2 is 1.98 bits per heavy atom. The van der Waals surface area contributed by atoms with Crippen LogP contribution < -0.4 is 15.9 Å². The van der Waals surface area contributed by atoms with Gasteiger partial charge in [0.2, 0.25) is 5.91 Å². The number of amides is 1. The number of halogens is 3. The minimum atomic E-state index is -1.33. The minimum Gasteiger partial charge on any atom is -0.507 e. The first kappa shape index (κ1) is 30.4. The van der Waals surface area contributed by atoms with Gasteiger partial charge in [-0.25, -0.2) is 23.1 Å². The van der Waals surface area contributed by atoms with E-state index in [0.717, 1.165) is 17.7 Å². The molecule has 13 heteroatoms. The average molecular weight is 636 g/mol. The van der Waals surface area contributed by atoms with E-state index in [9.17, 15) is 19.1 Å². The first-order valence-electron chi connectivity index (χ1n) is 14.7. The van der Waals surface area contributed by atoms with Crippen LogP contribution in [0.15, 0.2) is 41.8 Å². The molecule has 2 aliphatic rings. The molecule has 6 rings (SSSR count). The minimum absolute atomic E-state index is 0.0745. The molecule has 0 spiro atoms. The maximum absolute atomic E-state index is 15.3. The maximum atomic E-state index is 15.3. The Morgan fingerprint density at radius 3 is 2.69 bits per heavy atom. The van der Waals surface area contributed by atoms with Crippen LogP contribution >= 0.6 is 11.6 Å². The van der Waals surface area contributed by atoms with E-state index in [1.807, 2.05) is 32.6 Å². The fourth-order valence-electron chi connectivity index (χ4n) is 6.34. The van der Waals surface area contributed by atoms with Gasteiger partial charge in [-0.1, -0.05) is 32.0 Å². The molecule has 0 bridgehead atoms. The number of rotatable bonds is 4. The molecule has 1 aromatic carbocycles. The van der Waals surface area contributed by atoms with Crippen molar-refractivity contribution in [1.82, 2.24) is 24.4 Å². The number of phenols is 1. The van der Waals surface area contributed by atoms with E-state index in [0.29, 0.717) is 54.3 Å². The second-order valence-corrected chi connectivity index (χ2v) is 12.1. The van der Waals surface area contributed by atoms with E-state index in [-0.39, 0.29) is 40.3 Å². The normalized spacial score (nSPS) is 18.0. The molecule has 2 unspecified atom stereocenters. The third kappa shape index (κ3) is 4.87. The number of nitrogens with zero attached hydrogens (tertiary/aromatic N) is 6. The van der Waals surface area contributed by atoms with Crippen molar-refractivity contribution in [2.75, 3.05) is 29.9 Å². The first-order chi connectivity index (χ1) is 21.4. The van der Waals surface area contributed by atoms with Gasteiger partial charge in [-0.3, -0.25) is 9.78 Å². The van der Waals surface area contributed by atoms with Gasteiger partial charge in [0.05, 0.1) is 33.0 Å². The molecule has 1 amide bonds. The molecule has 3 aromatic heterocycles. The number of carbonyl (C=O) groups is 1. The molecule has 0 aliphatic carbocycles. The van der Waals surface area contributed by atoms with Gasteiger partial charge >= 0.3 is 5.69 Å². The fourth-order valence-corrected chi connectivity index (χ4v) is 6.63. The van der Waals surface area contributed by atoms with Crippen LogP contribution in [-0.4, -0.2) is 67.2 Å². The average Bonchev–Trinajstić information content (AvgIpc) is 2.99. The van der Waals surface area contributed by atoms with Crippen LogP contribution in [0.25, 0.3) is 28.0 Å². The van der Waals surface area contributed by atoms with Crippen molar-refractivity contribution in [1.29, 1.82) is 0 Å². The number of fused-ring (bicyclic) bond motifs is 2. The number of anilines is 2. The van der Waals surface area contributed by atoms with Crippen molar-refractivity contribution in [2.24, 2.45) is 0 Å². The van der Waals surface area contributed by atoms with Gasteiger partial charge in [0, 0.05) is 37.9 Å². The van der Waals surface area contributed by atoms with Crippen molar-refractivity contribution < 1.29 is 18.7 Å². The summed E-state index contributed by atoms with van der Waals surface area (Å²) < 4.78 is 31.2. The molecule has 234 valence electrons. The molecule has 5 heterocycles. The number of aryl methyl sites for hydroxylation is 1. The quantitative estimate of drug-likeness (QED) is 0.290. The van der Waals surface area contributed by atoms with Crippen molar-refractivity contribution in [2.45, 2.75) is 52.1 Å². The highest BCUT2D eigenvalue weighted by Crippen LogP contribution is 2.46. The largest absolute Gasteiger partial charge is 0.507 e. The van der Waals surface area contributed by atoms with Gasteiger partial charge in [-0.2, -0.15) is 4.98 Å². The number of hydrogen-bond acceptors (Lipinski definition) is 8. The topological polar surface area (TPSA) is 116 Å². The van der Waals surface area contributed by atoms with Crippen molar-refractivity contribution in [3.63, 3.8) is 0 Å². The lowest BCUT2D eigenvalue weighted by Crippen LogP contribution is -2.60. The Morgan fingerprint density at radius 1 is 1.22 bits per heavy atom. The lowest BCUT2D eigenvalue weighted by molar-refractivity contribution is -0.128. The number of piperazine rings is 1. The predicted octanol–water partition coefficient (Wildman–Crippen LogP) is 5.32. The molecular weight excluding hydrogens is 604 g/mol. The molecule has 0 radical (unpaired) electrons. The van der Waals surface area contributed by atoms with Crippen LogP contribution in [0.2, 0.25) is 5.02 Å². The van der Waals surface area contributed by atoms with Crippen LogP contribution in [0.4, 0.5) is 20.3 Å². The molecular formula is C32H32ClF2N7O3. The Kier molecular flexibility index (Phi) is 7.72. The number of aromatic hydroxyl groups is 1. The Labute approximate surface area is 263 Å². The molecule has 2 aliphatic heterocycles. The number of pyridine rings is 2. The lowest BCUT2D eigenvalue weighted by Gasteiger charge is -2.46. The van der Waals surface area contributed by atoms with Crippen molar-refractivity contribution in [3.8, 4) is 22.7 Å². The SMILES string of the molecule is C=CC(=O)N1CC2CCNc3c(Cl)c(-c4c(O)ccc(F)c4F)nc4c3c(nc(=O)n4-c3c(C)ccnc3C(C)C)N2CC1C. The number of aromatic nitrogens is 4. The van der Waals surface area contributed by atoms with Gasteiger partial charge in [-0.15, -0.1) is 0 Å². The zero-order valence-corrected chi connectivity index (χ0v) is 26.0. The second kappa shape index (κ2) is 11.4.